The quantitative estimate of drug-likeness (QED) is 0.576. The Kier molecular flexibility index (Phi) is 1.99. The maximum atomic E-state index is 14.0. The molecule has 0 heterocycles. The maximum Gasteiger partial charge on any atom is 0.117 e. The molecular weight excluding hydrogens is 141 g/mol. The van der Waals surface area contributed by atoms with Crippen LogP contribution in [0.4, 0.5) is 4.39 Å². The van der Waals surface area contributed by atoms with E-state index < -0.39 is 5.67 Å². The molecule has 0 aromatic rings. The van der Waals surface area contributed by atoms with E-state index >= 15 is 0 Å². The molecule has 2 atom stereocenters. The smallest absolute Gasteiger partial charge is 0.117 e. The molecule has 1 aliphatic carbocycles. The fourth-order valence-electron chi connectivity index (χ4n) is 1.72. The van der Waals surface area contributed by atoms with Crippen LogP contribution in [0.5, 0.6) is 0 Å². The Bertz CT molecular complexity index is 150. The van der Waals surface area contributed by atoms with Gasteiger partial charge in [-0.15, -0.1) is 0 Å². The molecule has 0 amide bonds. The summed E-state index contributed by atoms with van der Waals surface area (Å²) >= 11 is 0. The number of hydrogen-bond acceptors (Lipinski definition) is 1. The summed E-state index contributed by atoms with van der Waals surface area (Å²) < 4.78 is 14.0. The van der Waals surface area contributed by atoms with Crippen LogP contribution in [0.3, 0.4) is 0 Å². The normalized spacial score (nSPS) is 39.5. The van der Waals surface area contributed by atoms with Crippen molar-refractivity contribution in [2.75, 3.05) is 0 Å². The third-order valence-corrected chi connectivity index (χ3v) is 2.84. The van der Waals surface area contributed by atoms with Crippen molar-refractivity contribution >= 4 is 0 Å². The van der Waals surface area contributed by atoms with E-state index in [9.17, 15) is 4.39 Å². The van der Waals surface area contributed by atoms with Crippen molar-refractivity contribution < 1.29 is 4.39 Å². The van der Waals surface area contributed by atoms with Crippen LogP contribution >= 0.6 is 0 Å². The lowest BCUT2D eigenvalue weighted by molar-refractivity contribution is 0.0351. The Morgan fingerprint density at radius 2 is 2.00 bits per heavy atom. The lowest BCUT2D eigenvalue weighted by Gasteiger charge is -2.34. The number of rotatable bonds is 0. The van der Waals surface area contributed by atoms with Crippen molar-refractivity contribution in [2.24, 2.45) is 11.1 Å². The molecule has 1 fully saturated rings. The molecule has 0 saturated heterocycles. The summed E-state index contributed by atoms with van der Waals surface area (Å²) in [6, 6.07) is 0.0826. The third kappa shape index (κ3) is 1.56. The minimum absolute atomic E-state index is 0.0826. The lowest BCUT2D eigenvalue weighted by Crippen LogP contribution is -2.37. The van der Waals surface area contributed by atoms with E-state index in [4.69, 9.17) is 5.73 Å². The van der Waals surface area contributed by atoms with Crippen molar-refractivity contribution in [2.45, 2.75) is 51.7 Å². The van der Waals surface area contributed by atoms with Crippen molar-refractivity contribution in [3.05, 3.63) is 0 Å². The lowest BCUT2D eigenvalue weighted by atomic mass is 9.77. The van der Waals surface area contributed by atoms with E-state index in [1.807, 2.05) is 20.8 Å². The van der Waals surface area contributed by atoms with Crippen LogP contribution in [0.2, 0.25) is 0 Å². The molecule has 2 unspecified atom stereocenters. The van der Waals surface area contributed by atoms with Gasteiger partial charge in [0, 0.05) is 6.04 Å². The van der Waals surface area contributed by atoms with Crippen molar-refractivity contribution in [1.82, 2.24) is 0 Å². The van der Waals surface area contributed by atoms with Crippen LogP contribution in [0.15, 0.2) is 0 Å². The summed E-state index contributed by atoms with van der Waals surface area (Å²) in [4.78, 5) is 0. The second-order valence-corrected chi connectivity index (χ2v) is 4.72. The molecule has 0 spiro atoms. The van der Waals surface area contributed by atoms with Gasteiger partial charge >= 0.3 is 0 Å². The molecule has 0 bridgehead atoms. The van der Waals surface area contributed by atoms with Gasteiger partial charge in [-0.3, -0.25) is 0 Å². The van der Waals surface area contributed by atoms with Crippen LogP contribution in [0, 0.1) is 5.41 Å². The monoisotopic (exact) mass is 159 g/mol. The maximum absolute atomic E-state index is 14.0. The Hall–Kier alpha value is -0.110. The van der Waals surface area contributed by atoms with Gasteiger partial charge in [0.1, 0.15) is 5.67 Å². The SMILES string of the molecule is CC(C)(C)C1(F)CCC(N)C1. The Morgan fingerprint density at radius 3 is 2.18 bits per heavy atom. The molecule has 1 nitrogen and oxygen atoms in total. The van der Waals surface area contributed by atoms with E-state index in [2.05, 4.69) is 0 Å². The largest absolute Gasteiger partial charge is 0.328 e. The molecule has 0 aliphatic heterocycles. The molecule has 2 N–H and O–H groups in total. The van der Waals surface area contributed by atoms with Gasteiger partial charge in [-0.2, -0.15) is 0 Å². The first-order valence-corrected chi connectivity index (χ1v) is 4.30. The Balaban J connectivity index is 2.69. The molecule has 11 heavy (non-hydrogen) atoms. The molecule has 0 radical (unpaired) electrons. The van der Waals surface area contributed by atoms with Gasteiger partial charge in [0.2, 0.25) is 0 Å². The van der Waals surface area contributed by atoms with Gasteiger partial charge in [0.15, 0.2) is 0 Å². The molecule has 1 saturated carbocycles. The van der Waals surface area contributed by atoms with E-state index in [0.717, 1.165) is 6.42 Å². The zero-order valence-corrected chi connectivity index (χ0v) is 7.65. The highest BCUT2D eigenvalue weighted by Crippen LogP contribution is 2.45. The summed E-state index contributed by atoms with van der Waals surface area (Å²) in [6.45, 7) is 5.85. The predicted octanol–water partition coefficient (Wildman–Crippen LogP) is 2.25. The van der Waals surface area contributed by atoms with E-state index in [0.29, 0.717) is 12.8 Å². The minimum Gasteiger partial charge on any atom is -0.328 e. The molecule has 1 aliphatic rings. The van der Waals surface area contributed by atoms with Gasteiger partial charge in [0.25, 0.3) is 0 Å². The van der Waals surface area contributed by atoms with Crippen LogP contribution < -0.4 is 5.73 Å². The Morgan fingerprint density at radius 1 is 1.45 bits per heavy atom. The molecular formula is C9H18FN. The summed E-state index contributed by atoms with van der Waals surface area (Å²) in [5.41, 5.74) is 4.40. The predicted molar refractivity (Wildman–Crippen MR) is 45.1 cm³/mol. The van der Waals surface area contributed by atoms with Gasteiger partial charge in [-0.25, -0.2) is 4.39 Å². The summed E-state index contributed by atoms with van der Waals surface area (Å²) in [6.07, 6.45) is 2.02. The first kappa shape index (κ1) is 8.98. The van der Waals surface area contributed by atoms with Crippen LogP contribution in [-0.2, 0) is 0 Å². The van der Waals surface area contributed by atoms with Gasteiger partial charge in [0.05, 0.1) is 0 Å². The summed E-state index contributed by atoms with van der Waals surface area (Å²) in [5, 5.41) is 0. The average Bonchev–Trinajstić information content (AvgIpc) is 2.10. The van der Waals surface area contributed by atoms with Gasteiger partial charge in [-0.05, 0) is 24.7 Å². The number of alkyl halides is 1. The first-order valence-electron chi connectivity index (χ1n) is 4.30. The molecule has 66 valence electrons. The van der Waals surface area contributed by atoms with Crippen LogP contribution in [0.1, 0.15) is 40.0 Å². The topological polar surface area (TPSA) is 26.0 Å². The van der Waals surface area contributed by atoms with E-state index in [1.165, 1.54) is 0 Å². The summed E-state index contributed by atoms with van der Waals surface area (Å²) in [7, 11) is 0. The highest BCUT2D eigenvalue weighted by atomic mass is 19.1. The van der Waals surface area contributed by atoms with Crippen LogP contribution in [0.25, 0.3) is 0 Å². The zero-order chi connectivity index (χ0) is 8.70. The second kappa shape index (κ2) is 2.44. The summed E-state index contributed by atoms with van der Waals surface area (Å²) in [5.74, 6) is 0. The van der Waals surface area contributed by atoms with E-state index in [-0.39, 0.29) is 11.5 Å². The fraction of sp³-hybridized carbons (Fsp3) is 1.00. The van der Waals surface area contributed by atoms with Crippen LogP contribution in [-0.4, -0.2) is 11.7 Å². The first-order chi connectivity index (χ1) is 4.85. The Labute approximate surface area is 68.2 Å². The van der Waals surface area contributed by atoms with Gasteiger partial charge in [-0.1, -0.05) is 20.8 Å². The highest BCUT2D eigenvalue weighted by molar-refractivity contribution is 4.99. The number of hydrogen-bond donors (Lipinski definition) is 1. The number of halogens is 1. The third-order valence-electron chi connectivity index (χ3n) is 2.84. The van der Waals surface area contributed by atoms with E-state index in [1.54, 1.807) is 0 Å². The fourth-order valence-corrected chi connectivity index (χ4v) is 1.72. The number of nitrogens with two attached hydrogens (primary N) is 1. The highest BCUT2D eigenvalue weighted by Gasteiger charge is 2.46. The van der Waals surface area contributed by atoms with Crippen molar-refractivity contribution in [3.63, 3.8) is 0 Å². The molecule has 1 rings (SSSR count). The van der Waals surface area contributed by atoms with Gasteiger partial charge < -0.3 is 5.73 Å². The minimum atomic E-state index is -1.02. The second-order valence-electron chi connectivity index (χ2n) is 4.72. The molecule has 2 heteroatoms. The zero-order valence-electron chi connectivity index (χ0n) is 7.65. The standard InChI is InChI=1S/C9H18FN/c1-8(2,3)9(10)5-4-7(11)6-9/h7H,4-6,11H2,1-3H3. The van der Waals surface area contributed by atoms with Crippen molar-refractivity contribution in [3.8, 4) is 0 Å². The molecule has 0 aromatic carbocycles. The molecule has 0 aromatic heterocycles. The average molecular weight is 159 g/mol. The van der Waals surface area contributed by atoms with Crippen molar-refractivity contribution in [1.29, 1.82) is 0 Å².